The second-order valence-electron chi connectivity index (χ2n) is 5.10. The number of anilines is 2. The molecule has 20 heavy (non-hydrogen) atoms. The van der Waals surface area contributed by atoms with Gasteiger partial charge in [-0.15, -0.1) is 0 Å². The van der Waals surface area contributed by atoms with E-state index in [4.69, 9.17) is 11.6 Å². The van der Waals surface area contributed by atoms with E-state index < -0.39 is 0 Å². The van der Waals surface area contributed by atoms with Crippen molar-refractivity contribution in [1.82, 2.24) is 0 Å². The average Bonchev–Trinajstić information content (AvgIpc) is 2.76. The zero-order valence-electron chi connectivity index (χ0n) is 11.4. The summed E-state index contributed by atoms with van der Waals surface area (Å²) in [5, 5.41) is 0.599. The minimum absolute atomic E-state index is 0.0140. The Labute approximate surface area is 123 Å². The first-order chi connectivity index (χ1) is 9.56. The smallest absolute Gasteiger partial charge is 0.258 e. The Balaban J connectivity index is 1.92. The van der Waals surface area contributed by atoms with Crippen LogP contribution < -0.4 is 9.80 Å². The van der Waals surface area contributed by atoms with Crippen molar-refractivity contribution in [3.8, 4) is 0 Å². The Morgan fingerprint density at radius 1 is 1.10 bits per heavy atom. The molecule has 0 saturated carbocycles. The Hall–Kier alpha value is -2.00. The van der Waals surface area contributed by atoms with E-state index in [0.29, 0.717) is 17.1 Å². The third-order valence-electron chi connectivity index (χ3n) is 3.55. The first kappa shape index (κ1) is 13.0. The van der Waals surface area contributed by atoms with Crippen LogP contribution in [0.25, 0.3) is 0 Å². The van der Waals surface area contributed by atoms with Crippen molar-refractivity contribution in [3.63, 3.8) is 0 Å². The lowest BCUT2D eigenvalue weighted by Crippen LogP contribution is -2.23. The third kappa shape index (κ3) is 2.14. The van der Waals surface area contributed by atoms with E-state index >= 15 is 0 Å². The second-order valence-corrected chi connectivity index (χ2v) is 5.54. The van der Waals surface area contributed by atoms with E-state index in [2.05, 4.69) is 0 Å². The Kier molecular flexibility index (Phi) is 3.14. The number of hydrogen-bond acceptors (Lipinski definition) is 2. The van der Waals surface area contributed by atoms with Gasteiger partial charge in [0.15, 0.2) is 0 Å². The molecular formula is C16H15ClN2O. The maximum Gasteiger partial charge on any atom is 0.258 e. The number of halogens is 1. The number of nitrogens with zero attached hydrogens (tertiary/aromatic N) is 2. The van der Waals surface area contributed by atoms with Gasteiger partial charge >= 0.3 is 0 Å². The van der Waals surface area contributed by atoms with Crippen LogP contribution in [0.1, 0.15) is 15.9 Å². The van der Waals surface area contributed by atoms with Gasteiger partial charge in [-0.2, -0.15) is 0 Å². The Morgan fingerprint density at radius 3 is 2.45 bits per heavy atom. The van der Waals surface area contributed by atoms with Crippen molar-refractivity contribution >= 4 is 28.9 Å². The van der Waals surface area contributed by atoms with Crippen LogP contribution in [-0.4, -0.2) is 20.0 Å². The summed E-state index contributed by atoms with van der Waals surface area (Å²) in [5.41, 5.74) is 3.75. The number of rotatable bonds is 2. The number of carbonyl (C=O) groups is 1. The predicted molar refractivity (Wildman–Crippen MR) is 82.7 cm³/mol. The molecule has 0 bridgehead atoms. The summed E-state index contributed by atoms with van der Waals surface area (Å²) in [4.78, 5) is 16.2. The quantitative estimate of drug-likeness (QED) is 0.843. The fourth-order valence-corrected chi connectivity index (χ4v) is 2.58. The Bertz CT molecular complexity index is 665. The van der Waals surface area contributed by atoms with E-state index in [0.717, 1.165) is 16.9 Å². The van der Waals surface area contributed by atoms with Crippen LogP contribution in [0, 0.1) is 0 Å². The Morgan fingerprint density at radius 2 is 1.80 bits per heavy atom. The highest BCUT2D eigenvalue weighted by Gasteiger charge is 2.28. The number of hydrogen-bond donors (Lipinski definition) is 0. The molecule has 1 aliphatic rings. The molecule has 0 fully saturated rings. The highest BCUT2D eigenvalue weighted by Crippen LogP contribution is 2.30. The molecule has 0 N–H and O–H groups in total. The van der Waals surface area contributed by atoms with Crippen LogP contribution in [0.3, 0.4) is 0 Å². The van der Waals surface area contributed by atoms with Gasteiger partial charge in [-0.3, -0.25) is 4.79 Å². The average molecular weight is 287 g/mol. The van der Waals surface area contributed by atoms with E-state index in [1.54, 1.807) is 11.0 Å². The van der Waals surface area contributed by atoms with Crippen LogP contribution in [-0.2, 0) is 6.54 Å². The molecule has 1 heterocycles. The molecule has 0 unspecified atom stereocenters. The maximum atomic E-state index is 12.4. The summed E-state index contributed by atoms with van der Waals surface area (Å²) in [5.74, 6) is 0.0140. The molecule has 102 valence electrons. The van der Waals surface area contributed by atoms with Gasteiger partial charge in [-0.05, 0) is 42.0 Å². The molecule has 0 radical (unpaired) electrons. The maximum absolute atomic E-state index is 12.4. The zero-order chi connectivity index (χ0) is 14.3. The van der Waals surface area contributed by atoms with Gasteiger partial charge in [-0.1, -0.05) is 17.7 Å². The van der Waals surface area contributed by atoms with Gasteiger partial charge < -0.3 is 9.80 Å². The standard InChI is InChI=1S/C16H15ClN2O/c1-18(2)13-5-7-14(8-6-13)19-10-11-3-4-12(17)9-15(11)16(19)20/h3-9H,10H2,1-2H3. The number of benzene rings is 2. The third-order valence-corrected chi connectivity index (χ3v) is 3.79. The van der Waals surface area contributed by atoms with Gasteiger partial charge in [0.1, 0.15) is 0 Å². The second kappa shape index (κ2) is 4.84. The first-order valence-corrected chi connectivity index (χ1v) is 6.82. The van der Waals surface area contributed by atoms with Gasteiger partial charge in [0.05, 0.1) is 6.54 Å². The highest BCUT2D eigenvalue weighted by molar-refractivity contribution is 6.31. The normalized spacial score (nSPS) is 13.6. The molecule has 1 amide bonds. The topological polar surface area (TPSA) is 23.6 Å². The molecule has 0 saturated heterocycles. The van der Waals surface area contributed by atoms with Gasteiger partial charge in [0.2, 0.25) is 0 Å². The number of amides is 1. The van der Waals surface area contributed by atoms with Gasteiger partial charge in [0.25, 0.3) is 5.91 Å². The first-order valence-electron chi connectivity index (χ1n) is 6.44. The summed E-state index contributed by atoms with van der Waals surface area (Å²) in [6, 6.07) is 13.5. The van der Waals surface area contributed by atoms with Crippen LogP contribution in [0.2, 0.25) is 5.02 Å². The van der Waals surface area contributed by atoms with E-state index in [-0.39, 0.29) is 5.91 Å². The van der Waals surface area contributed by atoms with Gasteiger partial charge in [-0.25, -0.2) is 0 Å². The van der Waals surface area contributed by atoms with Gasteiger partial charge in [0, 0.05) is 36.1 Å². The van der Waals surface area contributed by atoms with E-state index in [9.17, 15) is 4.79 Å². The monoisotopic (exact) mass is 286 g/mol. The summed E-state index contributed by atoms with van der Waals surface area (Å²) in [6.07, 6.45) is 0. The fraction of sp³-hybridized carbons (Fsp3) is 0.188. The van der Waals surface area contributed by atoms with E-state index in [1.165, 1.54) is 0 Å². The molecule has 0 spiro atoms. The van der Waals surface area contributed by atoms with Crippen molar-refractivity contribution < 1.29 is 4.79 Å². The lowest BCUT2D eigenvalue weighted by molar-refractivity contribution is 0.0996. The van der Waals surface area contributed by atoms with Crippen molar-refractivity contribution in [2.45, 2.75) is 6.54 Å². The lowest BCUT2D eigenvalue weighted by atomic mass is 10.1. The minimum atomic E-state index is 0.0140. The van der Waals surface area contributed by atoms with Crippen molar-refractivity contribution in [1.29, 1.82) is 0 Å². The molecule has 0 aliphatic carbocycles. The molecular weight excluding hydrogens is 272 g/mol. The van der Waals surface area contributed by atoms with Crippen LogP contribution in [0.15, 0.2) is 42.5 Å². The SMILES string of the molecule is CN(C)c1ccc(N2Cc3ccc(Cl)cc3C2=O)cc1. The summed E-state index contributed by atoms with van der Waals surface area (Å²) in [7, 11) is 3.99. The molecule has 4 heteroatoms. The molecule has 3 nitrogen and oxygen atoms in total. The number of fused-ring (bicyclic) bond motifs is 1. The fourth-order valence-electron chi connectivity index (χ4n) is 2.41. The molecule has 0 aromatic heterocycles. The number of carbonyl (C=O) groups excluding carboxylic acids is 1. The van der Waals surface area contributed by atoms with Crippen LogP contribution in [0.5, 0.6) is 0 Å². The minimum Gasteiger partial charge on any atom is -0.378 e. The van der Waals surface area contributed by atoms with E-state index in [1.807, 2.05) is 55.4 Å². The molecule has 3 rings (SSSR count). The summed E-state index contributed by atoms with van der Waals surface area (Å²) in [6.45, 7) is 0.604. The predicted octanol–water partition coefficient (Wildman–Crippen LogP) is 3.57. The molecule has 2 aromatic carbocycles. The van der Waals surface area contributed by atoms with Crippen LogP contribution in [0.4, 0.5) is 11.4 Å². The van der Waals surface area contributed by atoms with Crippen molar-refractivity contribution in [2.24, 2.45) is 0 Å². The summed E-state index contributed by atoms with van der Waals surface area (Å²) >= 11 is 5.96. The molecule has 1 aliphatic heterocycles. The highest BCUT2D eigenvalue weighted by atomic mass is 35.5. The van der Waals surface area contributed by atoms with Crippen molar-refractivity contribution in [3.05, 3.63) is 58.6 Å². The molecule has 2 aromatic rings. The van der Waals surface area contributed by atoms with Crippen molar-refractivity contribution in [2.75, 3.05) is 23.9 Å². The van der Waals surface area contributed by atoms with Crippen LogP contribution >= 0.6 is 11.6 Å². The largest absolute Gasteiger partial charge is 0.378 e. The summed E-state index contributed by atoms with van der Waals surface area (Å²) < 4.78 is 0. The lowest BCUT2D eigenvalue weighted by Gasteiger charge is -2.18. The zero-order valence-corrected chi connectivity index (χ0v) is 12.2. The molecule has 0 atom stereocenters.